The molecule has 0 aromatic heterocycles. The second kappa shape index (κ2) is 24.4. The van der Waals surface area contributed by atoms with Gasteiger partial charge >= 0.3 is 0 Å². The molecule has 0 amide bonds. The number of likely N-dealkylation sites (tertiary alicyclic amines) is 1. The minimum atomic E-state index is 0.642. The molecule has 0 aliphatic carbocycles. The van der Waals surface area contributed by atoms with Crippen LogP contribution in [0.15, 0.2) is 0 Å². The molecular weight excluding hydrogens is 476 g/mol. The van der Waals surface area contributed by atoms with Crippen LogP contribution < -0.4 is 16.0 Å². The highest BCUT2D eigenvalue weighted by Crippen LogP contribution is 2.21. The molecule has 0 aromatic rings. The van der Waals surface area contributed by atoms with Gasteiger partial charge in [0.2, 0.25) is 0 Å². The molecular formula is C35H74N4. The molecule has 1 unspecified atom stereocenters. The summed E-state index contributed by atoms with van der Waals surface area (Å²) in [6, 6.07) is 0.642. The average Bonchev–Trinajstić information content (AvgIpc) is 2.93. The summed E-state index contributed by atoms with van der Waals surface area (Å²) in [5.41, 5.74) is 0. The van der Waals surface area contributed by atoms with Crippen LogP contribution in [0.2, 0.25) is 0 Å². The third kappa shape index (κ3) is 22.2. The first kappa shape index (κ1) is 36.9. The van der Waals surface area contributed by atoms with Crippen molar-refractivity contribution in [1.29, 1.82) is 0 Å². The highest BCUT2D eigenvalue weighted by Gasteiger charge is 2.18. The van der Waals surface area contributed by atoms with Gasteiger partial charge in [0.25, 0.3) is 0 Å². The fraction of sp³-hybridized carbons (Fsp3) is 1.00. The van der Waals surface area contributed by atoms with Crippen LogP contribution in [0, 0.1) is 29.6 Å². The first-order valence-corrected chi connectivity index (χ1v) is 17.7. The van der Waals surface area contributed by atoms with Crippen molar-refractivity contribution in [1.82, 2.24) is 20.9 Å². The smallest absolute Gasteiger partial charge is 0.00104 e. The van der Waals surface area contributed by atoms with Crippen molar-refractivity contribution in [3.63, 3.8) is 0 Å². The van der Waals surface area contributed by atoms with Crippen molar-refractivity contribution in [3.05, 3.63) is 0 Å². The molecule has 234 valence electrons. The number of piperidine rings is 3. The van der Waals surface area contributed by atoms with E-state index >= 15 is 0 Å². The van der Waals surface area contributed by atoms with Gasteiger partial charge in [0, 0.05) is 6.04 Å². The normalized spacial score (nSPS) is 21.5. The Bertz CT molecular complexity index is 473. The van der Waals surface area contributed by atoms with Crippen molar-refractivity contribution in [3.8, 4) is 0 Å². The average molecular weight is 551 g/mol. The van der Waals surface area contributed by atoms with Gasteiger partial charge in [-0.1, -0.05) is 87.0 Å². The maximum Gasteiger partial charge on any atom is 0.00104 e. The van der Waals surface area contributed by atoms with Gasteiger partial charge in [0.05, 0.1) is 0 Å². The number of rotatable bonds is 14. The lowest BCUT2D eigenvalue weighted by atomic mass is 9.91. The summed E-state index contributed by atoms with van der Waals surface area (Å²) in [4.78, 5) is 2.63. The van der Waals surface area contributed by atoms with Crippen molar-refractivity contribution >= 4 is 0 Å². The molecule has 3 saturated heterocycles. The van der Waals surface area contributed by atoms with E-state index in [1.807, 2.05) is 0 Å². The van der Waals surface area contributed by atoms with Gasteiger partial charge in [-0.2, -0.15) is 0 Å². The quantitative estimate of drug-likeness (QED) is 0.204. The third-order valence-electron chi connectivity index (χ3n) is 9.00. The highest BCUT2D eigenvalue weighted by atomic mass is 15.1. The van der Waals surface area contributed by atoms with E-state index < -0.39 is 0 Å². The lowest BCUT2D eigenvalue weighted by Gasteiger charge is -2.32. The lowest BCUT2D eigenvalue weighted by molar-refractivity contribution is 0.179. The van der Waals surface area contributed by atoms with E-state index in [4.69, 9.17) is 0 Å². The molecule has 0 radical (unpaired) electrons. The molecule has 39 heavy (non-hydrogen) atoms. The van der Waals surface area contributed by atoms with Crippen molar-refractivity contribution in [2.45, 2.75) is 144 Å². The predicted molar refractivity (Wildman–Crippen MR) is 176 cm³/mol. The van der Waals surface area contributed by atoms with E-state index in [9.17, 15) is 0 Å². The van der Waals surface area contributed by atoms with Gasteiger partial charge in [0.15, 0.2) is 0 Å². The monoisotopic (exact) mass is 551 g/mol. The van der Waals surface area contributed by atoms with Crippen LogP contribution >= 0.6 is 0 Å². The van der Waals surface area contributed by atoms with E-state index in [2.05, 4.69) is 69.3 Å². The van der Waals surface area contributed by atoms with E-state index in [-0.39, 0.29) is 0 Å². The van der Waals surface area contributed by atoms with Crippen LogP contribution in [0.1, 0.15) is 138 Å². The van der Waals surface area contributed by atoms with Gasteiger partial charge in [-0.15, -0.1) is 0 Å². The third-order valence-corrected chi connectivity index (χ3v) is 9.00. The van der Waals surface area contributed by atoms with Crippen LogP contribution in [-0.2, 0) is 0 Å². The Morgan fingerprint density at radius 1 is 0.692 bits per heavy atom. The number of nitrogens with one attached hydrogen (secondary N) is 3. The van der Waals surface area contributed by atoms with Crippen molar-refractivity contribution < 1.29 is 0 Å². The molecule has 3 N–H and O–H groups in total. The van der Waals surface area contributed by atoms with Crippen molar-refractivity contribution in [2.75, 3.05) is 52.4 Å². The van der Waals surface area contributed by atoms with Gasteiger partial charge in [-0.25, -0.2) is 0 Å². The summed E-state index contributed by atoms with van der Waals surface area (Å²) >= 11 is 0. The molecule has 0 saturated carbocycles. The van der Waals surface area contributed by atoms with Gasteiger partial charge < -0.3 is 20.9 Å². The zero-order valence-electron chi connectivity index (χ0n) is 28.0. The maximum absolute atomic E-state index is 3.55. The maximum atomic E-state index is 3.55. The number of nitrogens with zero attached hydrogens (tertiary/aromatic N) is 1. The first-order valence-electron chi connectivity index (χ1n) is 17.7. The molecule has 0 spiro atoms. The fourth-order valence-electron chi connectivity index (χ4n) is 6.17. The Kier molecular flexibility index (Phi) is 23.1. The molecule has 3 aliphatic rings. The van der Waals surface area contributed by atoms with Crippen LogP contribution in [0.5, 0.6) is 0 Å². The summed E-state index contributed by atoms with van der Waals surface area (Å²) in [6.07, 6.45) is 19.8. The molecule has 4 heteroatoms. The molecule has 0 aromatic carbocycles. The van der Waals surface area contributed by atoms with Gasteiger partial charge in [-0.3, -0.25) is 0 Å². The van der Waals surface area contributed by atoms with Crippen LogP contribution in [0.3, 0.4) is 0 Å². The standard InChI is InChI=1S/C13H28N2.2C11H23N/c1-4-5-8-15-9-6-13(7-10-15)11-14-12(2)3;1-10(2)5-3-6-11-7-4-8-12-9-11;1-10(2)4-3-5-11-6-8-12-9-7-11/h12-14H,4-11H2,1-3H3;2*10-12H,3-9H2,1-2H3. The largest absolute Gasteiger partial charge is 0.317 e. The van der Waals surface area contributed by atoms with Crippen LogP contribution in [-0.4, -0.2) is 63.3 Å². The minimum absolute atomic E-state index is 0.642. The molecule has 3 heterocycles. The summed E-state index contributed by atoms with van der Waals surface area (Å²) in [5, 5.41) is 10.4. The number of hydrogen-bond donors (Lipinski definition) is 3. The highest BCUT2D eigenvalue weighted by molar-refractivity contribution is 4.74. The topological polar surface area (TPSA) is 39.3 Å². The summed E-state index contributed by atoms with van der Waals surface area (Å²) in [5.74, 6) is 4.72. The van der Waals surface area contributed by atoms with Gasteiger partial charge in [-0.05, 0) is 133 Å². The zero-order valence-corrected chi connectivity index (χ0v) is 28.0. The van der Waals surface area contributed by atoms with Crippen molar-refractivity contribution in [2.24, 2.45) is 29.6 Å². The molecule has 3 fully saturated rings. The lowest BCUT2D eigenvalue weighted by Crippen LogP contribution is -2.39. The van der Waals surface area contributed by atoms with Crippen LogP contribution in [0.4, 0.5) is 0 Å². The Labute approximate surface area is 247 Å². The molecule has 0 bridgehead atoms. The Morgan fingerprint density at radius 2 is 1.31 bits per heavy atom. The van der Waals surface area contributed by atoms with Crippen LogP contribution in [0.25, 0.3) is 0 Å². The van der Waals surface area contributed by atoms with E-state index in [1.165, 1.54) is 142 Å². The zero-order chi connectivity index (χ0) is 28.7. The van der Waals surface area contributed by atoms with Gasteiger partial charge in [0.1, 0.15) is 0 Å². The van der Waals surface area contributed by atoms with E-state index in [0.717, 1.165) is 29.6 Å². The molecule has 3 aliphatic heterocycles. The number of unbranched alkanes of at least 4 members (excludes halogenated alkanes) is 1. The Balaban J connectivity index is 0.000000295. The second-order valence-electron chi connectivity index (χ2n) is 14.3. The molecule has 4 nitrogen and oxygen atoms in total. The fourth-order valence-corrected chi connectivity index (χ4v) is 6.17. The summed E-state index contributed by atoms with van der Waals surface area (Å²) in [6.45, 7) is 26.3. The molecule has 3 rings (SSSR count). The molecule has 1 atom stereocenters. The SMILES string of the molecule is CC(C)CCCC1CCCNC1.CC(C)CCCC1CCNCC1.CCCCN1CCC(CNC(C)C)CC1. The van der Waals surface area contributed by atoms with E-state index in [0.29, 0.717) is 6.04 Å². The first-order chi connectivity index (χ1) is 18.8. The Hall–Kier alpha value is -0.160. The predicted octanol–water partition coefficient (Wildman–Crippen LogP) is 8.12. The van der Waals surface area contributed by atoms with E-state index in [1.54, 1.807) is 0 Å². The minimum Gasteiger partial charge on any atom is -0.317 e. The Morgan fingerprint density at radius 3 is 1.82 bits per heavy atom. The summed E-state index contributed by atoms with van der Waals surface area (Å²) in [7, 11) is 0. The second-order valence-corrected chi connectivity index (χ2v) is 14.3. The summed E-state index contributed by atoms with van der Waals surface area (Å²) < 4.78 is 0. The number of hydrogen-bond acceptors (Lipinski definition) is 4.